The van der Waals surface area contributed by atoms with E-state index in [0.29, 0.717) is 6.42 Å². The zero-order valence-electron chi connectivity index (χ0n) is 9.39. The summed E-state index contributed by atoms with van der Waals surface area (Å²) in [6, 6.07) is -0.658. The van der Waals surface area contributed by atoms with Crippen molar-refractivity contribution in [2.75, 3.05) is 14.2 Å². The number of nitrogens with one attached hydrogen (secondary N) is 1. The number of rotatable bonds is 3. The fourth-order valence-electron chi connectivity index (χ4n) is 1.55. The van der Waals surface area contributed by atoms with E-state index in [-0.39, 0.29) is 12.1 Å². The Morgan fingerprint density at radius 1 is 1.41 bits per heavy atom. The van der Waals surface area contributed by atoms with Crippen LogP contribution in [-0.2, 0) is 19.1 Å². The van der Waals surface area contributed by atoms with Crippen LogP contribution in [0.25, 0.3) is 0 Å². The smallest absolute Gasteiger partial charge is 0.411 e. The minimum atomic E-state index is -1.04. The molecular formula is C9H12N2O6. The van der Waals surface area contributed by atoms with Gasteiger partial charge in [-0.2, -0.15) is 0 Å². The van der Waals surface area contributed by atoms with Crippen LogP contribution in [-0.4, -0.2) is 37.1 Å². The summed E-state index contributed by atoms with van der Waals surface area (Å²) in [5.41, 5.74) is -0.573. The molecule has 0 spiro atoms. The van der Waals surface area contributed by atoms with Crippen molar-refractivity contribution in [3.63, 3.8) is 0 Å². The molecule has 0 aromatic heterocycles. The van der Waals surface area contributed by atoms with E-state index in [0.717, 1.165) is 7.11 Å². The van der Waals surface area contributed by atoms with Gasteiger partial charge in [-0.25, -0.2) is 9.59 Å². The highest BCUT2D eigenvalue weighted by Gasteiger charge is 2.35. The number of carbonyl (C=O) groups excluding carboxylic acids is 2. The monoisotopic (exact) mass is 244 g/mol. The summed E-state index contributed by atoms with van der Waals surface area (Å²) in [4.78, 5) is 32.3. The maximum absolute atomic E-state index is 11.2. The number of hydrogen-bond acceptors (Lipinski definition) is 7. The van der Waals surface area contributed by atoms with E-state index in [1.165, 1.54) is 7.11 Å². The molecule has 17 heavy (non-hydrogen) atoms. The second-order valence-electron chi connectivity index (χ2n) is 3.33. The summed E-state index contributed by atoms with van der Waals surface area (Å²) >= 11 is 0. The first-order valence-corrected chi connectivity index (χ1v) is 4.81. The second-order valence-corrected chi connectivity index (χ2v) is 3.33. The summed E-state index contributed by atoms with van der Waals surface area (Å²) < 4.78 is 8.81. The van der Waals surface area contributed by atoms with Crippen LogP contribution in [0, 0.1) is 10.1 Å². The van der Waals surface area contributed by atoms with Crippen LogP contribution in [0.1, 0.15) is 12.8 Å². The normalized spacial score (nSPS) is 21.4. The molecule has 0 aromatic rings. The SMILES string of the molecule is COC(=O)C(=C1CC[C@@H](C(=O)OC)N1)[N+](=O)[O-]. The van der Waals surface area contributed by atoms with E-state index in [4.69, 9.17) is 0 Å². The molecule has 0 aromatic carbocycles. The largest absolute Gasteiger partial charge is 0.467 e. The molecule has 0 saturated carbocycles. The predicted molar refractivity (Wildman–Crippen MR) is 54.2 cm³/mol. The van der Waals surface area contributed by atoms with Crippen LogP contribution >= 0.6 is 0 Å². The van der Waals surface area contributed by atoms with E-state index in [1.807, 2.05) is 0 Å². The van der Waals surface area contributed by atoms with E-state index in [1.54, 1.807) is 0 Å². The number of nitro groups is 1. The molecule has 94 valence electrons. The van der Waals surface area contributed by atoms with Crippen molar-refractivity contribution in [2.24, 2.45) is 0 Å². The van der Waals surface area contributed by atoms with Gasteiger partial charge < -0.3 is 14.8 Å². The molecule has 0 aliphatic carbocycles. The van der Waals surface area contributed by atoms with Gasteiger partial charge in [-0.05, 0) is 12.8 Å². The first-order chi connectivity index (χ1) is 8.01. The Kier molecular flexibility index (Phi) is 4.02. The van der Waals surface area contributed by atoms with Gasteiger partial charge >= 0.3 is 17.6 Å². The molecular weight excluding hydrogens is 232 g/mol. The molecule has 1 saturated heterocycles. The summed E-state index contributed by atoms with van der Waals surface area (Å²) in [7, 11) is 2.28. The Balaban J connectivity index is 2.94. The van der Waals surface area contributed by atoms with Crippen molar-refractivity contribution < 1.29 is 24.0 Å². The van der Waals surface area contributed by atoms with Crippen molar-refractivity contribution in [1.29, 1.82) is 0 Å². The summed E-state index contributed by atoms with van der Waals surface area (Å²) in [5.74, 6) is -1.56. The third-order valence-corrected chi connectivity index (χ3v) is 2.36. The van der Waals surface area contributed by atoms with E-state index in [9.17, 15) is 19.7 Å². The average Bonchev–Trinajstić information content (AvgIpc) is 2.76. The summed E-state index contributed by atoms with van der Waals surface area (Å²) in [6.45, 7) is 0. The molecule has 0 amide bonds. The van der Waals surface area contributed by atoms with E-state index >= 15 is 0 Å². The van der Waals surface area contributed by atoms with Gasteiger partial charge in [0.05, 0.1) is 24.8 Å². The molecule has 0 unspecified atom stereocenters. The molecule has 1 fully saturated rings. The zero-order valence-corrected chi connectivity index (χ0v) is 9.39. The van der Waals surface area contributed by atoms with Gasteiger partial charge in [-0.15, -0.1) is 0 Å². The number of esters is 2. The fourth-order valence-corrected chi connectivity index (χ4v) is 1.55. The van der Waals surface area contributed by atoms with Crippen molar-refractivity contribution in [3.8, 4) is 0 Å². The van der Waals surface area contributed by atoms with Gasteiger partial charge in [-0.1, -0.05) is 0 Å². The van der Waals surface area contributed by atoms with Crippen molar-refractivity contribution in [3.05, 3.63) is 21.5 Å². The van der Waals surface area contributed by atoms with Crippen LogP contribution < -0.4 is 5.32 Å². The maximum Gasteiger partial charge on any atom is 0.411 e. The average molecular weight is 244 g/mol. The number of carbonyl (C=O) groups is 2. The van der Waals surface area contributed by atoms with Crippen LogP contribution in [0.2, 0.25) is 0 Å². The van der Waals surface area contributed by atoms with Crippen molar-refractivity contribution >= 4 is 11.9 Å². The minimum absolute atomic E-state index is 0.0947. The number of ether oxygens (including phenoxy) is 2. The lowest BCUT2D eigenvalue weighted by molar-refractivity contribution is -0.422. The van der Waals surface area contributed by atoms with Gasteiger partial charge in [-0.3, -0.25) is 10.1 Å². The third-order valence-electron chi connectivity index (χ3n) is 2.36. The standard InChI is InChI=1S/C9H12N2O6/c1-16-8(12)6-4-3-5(10-6)7(11(14)15)9(13)17-2/h6,10H,3-4H2,1-2H3/t6-/m0/s1. The first kappa shape index (κ1) is 12.9. The van der Waals surface area contributed by atoms with Crippen molar-refractivity contribution in [1.82, 2.24) is 5.32 Å². The van der Waals surface area contributed by atoms with Crippen molar-refractivity contribution in [2.45, 2.75) is 18.9 Å². The minimum Gasteiger partial charge on any atom is -0.467 e. The maximum atomic E-state index is 11.2. The lowest BCUT2D eigenvalue weighted by Gasteiger charge is -2.07. The second kappa shape index (κ2) is 5.28. The van der Waals surface area contributed by atoms with E-state index in [2.05, 4.69) is 14.8 Å². The lowest BCUT2D eigenvalue weighted by Crippen LogP contribution is -2.32. The quantitative estimate of drug-likeness (QED) is 0.310. The Hall–Kier alpha value is -2.12. The zero-order chi connectivity index (χ0) is 13.0. The molecule has 0 bridgehead atoms. The Labute approximate surface area is 96.7 Å². The molecule has 8 heteroatoms. The van der Waals surface area contributed by atoms with Crippen LogP contribution in [0.5, 0.6) is 0 Å². The molecule has 1 atom stereocenters. The summed E-state index contributed by atoms with van der Waals surface area (Å²) in [6.07, 6.45) is 0.571. The number of hydrogen-bond donors (Lipinski definition) is 1. The van der Waals surface area contributed by atoms with Crippen LogP contribution in [0.15, 0.2) is 11.4 Å². The van der Waals surface area contributed by atoms with Gasteiger partial charge in [0.15, 0.2) is 0 Å². The molecule has 0 radical (unpaired) electrons. The highest BCUT2D eigenvalue weighted by molar-refractivity contribution is 5.87. The number of nitrogens with zero attached hydrogens (tertiary/aromatic N) is 1. The highest BCUT2D eigenvalue weighted by atomic mass is 16.6. The number of allylic oxidation sites excluding steroid dienone is 1. The van der Waals surface area contributed by atoms with Gasteiger partial charge in [0.1, 0.15) is 6.04 Å². The Morgan fingerprint density at radius 3 is 2.53 bits per heavy atom. The van der Waals surface area contributed by atoms with Crippen LogP contribution in [0.4, 0.5) is 0 Å². The third kappa shape index (κ3) is 2.71. The van der Waals surface area contributed by atoms with Crippen LogP contribution in [0.3, 0.4) is 0 Å². The Bertz CT molecular complexity index is 389. The molecule has 1 heterocycles. The lowest BCUT2D eigenvalue weighted by atomic mass is 10.2. The van der Waals surface area contributed by atoms with Gasteiger partial charge in [0, 0.05) is 0 Å². The number of methoxy groups -OCH3 is 2. The van der Waals surface area contributed by atoms with E-state index < -0.39 is 28.6 Å². The molecule has 8 nitrogen and oxygen atoms in total. The molecule has 1 rings (SSSR count). The Morgan fingerprint density at radius 2 is 2.06 bits per heavy atom. The van der Waals surface area contributed by atoms with Gasteiger partial charge in [0.25, 0.3) is 0 Å². The molecule has 1 N–H and O–H groups in total. The molecule has 1 aliphatic heterocycles. The van der Waals surface area contributed by atoms with Gasteiger partial charge in [0.2, 0.25) is 0 Å². The molecule has 1 aliphatic rings. The first-order valence-electron chi connectivity index (χ1n) is 4.81. The highest BCUT2D eigenvalue weighted by Crippen LogP contribution is 2.20. The summed E-state index contributed by atoms with van der Waals surface area (Å²) in [5, 5.41) is 13.3. The fraction of sp³-hybridized carbons (Fsp3) is 0.556. The topological polar surface area (TPSA) is 108 Å². The predicted octanol–water partition coefficient (Wildman–Crippen LogP) is -0.427.